The maximum Gasteiger partial charge on any atom is 0.342 e. The molecule has 1 aromatic rings. The van der Waals surface area contributed by atoms with Gasteiger partial charge in [-0.05, 0) is 32.1 Å². The van der Waals surface area contributed by atoms with E-state index in [4.69, 9.17) is 9.84 Å². The summed E-state index contributed by atoms with van der Waals surface area (Å²) >= 11 is 0. The SMILES string of the molecule is CC(C)=CCOc1cccc(F)c1C(=O)O. The van der Waals surface area contributed by atoms with E-state index in [-0.39, 0.29) is 12.4 Å². The molecule has 0 aromatic heterocycles. The number of hydrogen-bond acceptors (Lipinski definition) is 2. The van der Waals surface area contributed by atoms with E-state index in [2.05, 4.69) is 0 Å². The lowest BCUT2D eigenvalue weighted by molar-refractivity contribution is 0.0687. The summed E-state index contributed by atoms with van der Waals surface area (Å²) in [6.45, 7) is 4.02. The van der Waals surface area contributed by atoms with Crippen LogP contribution in [0.4, 0.5) is 4.39 Å². The van der Waals surface area contributed by atoms with Gasteiger partial charge in [-0.2, -0.15) is 0 Å². The predicted molar refractivity (Wildman–Crippen MR) is 58.3 cm³/mol. The van der Waals surface area contributed by atoms with E-state index in [0.29, 0.717) is 0 Å². The van der Waals surface area contributed by atoms with Gasteiger partial charge in [-0.3, -0.25) is 0 Å². The highest BCUT2D eigenvalue weighted by atomic mass is 19.1. The number of hydrogen-bond donors (Lipinski definition) is 1. The monoisotopic (exact) mass is 224 g/mol. The molecule has 0 atom stereocenters. The molecule has 0 aliphatic heterocycles. The molecule has 4 heteroatoms. The second-order valence-electron chi connectivity index (χ2n) is 3.51. The molecule has 0 bridgehead atoms. The van der Waals surface area contributed by atoms with Gasteiger partial charge in [-0.1, -0.05) is 11.6 Å². The third-order valence-corrected chi connectivity index (χ3v) is 1.92. The highest BCUT2D eigenvalue weighted by Crippen LogP contribution is 2.21. The normalized spacial score (nSPS) is 9.69. The van der Waals surface area contributed by atoms with Gasteiger partial charge in [0.1, 0.15) is 23.7 Å². The summed E-state index contributed by atoms with van der Waals surface area (Å²) in [6, 6.07) is 3.95. The Balaban J connectivity index is 2.91. The molecule has 0 saturated carbocycles. The third-order valence-electron chi connectivity index (χ3n) is 1.92. The van der Waals surface area contributed by atoms with Crippen LogP contribution in [0.5, 0.6) is 5.75 Å². The summed E-state index contributed by atoms with van der Waals surface area (Å²) in [7, 11) is 0. The molecule has 1 rings (SSSR count). The number of halogens is 1. The molecule has 0 heterocycles. The molecular formula is C12H13FO3. The minimum atomic E-state index is -1.33. The molecule has 0 unspecified atom stereocenters. The Morgan fingerprint density at radius 3 is 2.75 bits per heavy atom. The molecular weight excluding hydrogens is 211 g/mol. The van der Waals surface area contributed by atoms with Crippen LogP contribution in [-0.4, -0.2) is 17.7 Å². The number of carboxylic acid groups (broad SMARTS) is 1. The van der Waals surface area contributed by atoms with Crippen molar-refractivity contribution in [3.63, 3.8) is 0 Å². The minimum Gasteiger partial charge on any atom is -0.489 e. The van der Waals surface area contributed by atoms with Crippen molar-refractivity contribution in [2.24, 2.45) is 0 Å². The van der Waals surface area contributed by atoms with Crippen molar-refractivity contribution in [3.05, 3.63) is 41.2 Å². The van der Waals surface area contributed by atoms with Gasteiger partial charge in [0.25, 0.3) is 0 Å². The summed E-state index contributed by atoms with van der Waals surface area (Å²) in [6.07, 6.45) is 1.79. The maximum absolute atomic E-state index is 13.2. The first-order valence-corrected chi connectivity index (χ1v) is 4.80. The fraction of sp³-hybridized carbons (Fsp3) is 0.250. The van der Waals surface area contributed by atoms with Crippen LogP contribution in [-0.2, 0) is 0 Å². The Morgan fingerprint density at radius 2 is 2.19 bits per heavy atom. The summed E-state index contributed by atoms with van der Waals surface area (Å²) in [5.74, 6) is -2.07. The Kier molecular flexibility index (Phi) is 4.05. The van der Waals surface area contributed by atoms with Crippen LogP contribution in [0.15, 0.2) is 29.8 Å². The van der Waals surface area contributed by atoms with Crippen molar-refractivity contribution in [2.75, 3.05) is 6.61 Å². The molecule has 0 fully saturated rings. The number of carbonyl (C=O) groups is 1. The van der Waals surface area contributed by atoms with Gasteiger partial charge < -0.3 is 9.84 Å². The Hall–Kier alpha value is -1.84. The van der Waals surface area contributed by atoms with Crippen LogP contribution in [0.3, 0.4) is 0 Å². The van der Waals surface area contributed by atoms with E-state index in [1.807, 2.05) is 13.8 Å². The zero-order valence-electron chi connectivity index (χ0n) is 9.16. The van der Waals surface area contributed by atoms with Crippen LogP contribution in [0.2, 0.25) is 0 Å². The second-order valence-corrected chi connectivity index (χ2v) is 3.51. The van der Waals surface area contributed by atoms with Gasteiger partial charge in [0.2, 0.25) is 0 Å². The molecule has 1 aromatic carbocycles. The molecule has 1 N–H and O–H groups in total. The van der Waals surface area contributed by atoms with Crippen molar-refractivity contribution >= 4 is 5.97 Å². The van der Waals surface area contributed by atoms with Gasteiger partial charge in [0, 0.05) is 0 Å². The maximum atomic E-state index is 13.2. The first-order chi connectivity index (χ1) is 7.52. The molecule has 3 nitrogen and oxygen atoms in total. The van der Waals surface area contributed by atoms with E-state index in [1.54, 1.807) is 6.08 Å². The van der Waals surface area contributed by atoms with Gasteiger partial charge in [0.05, 0.1) is 0 Å². The Labute approximate surface area is 93.2 Å². The summed E-state index contributed by atoms with van der Waals surface area (Å²) in [5.41, 5.74) is 0.623. The lowest BCUT2D eigenvalue weighted by Gasteiger charge is -2.07. The van der Waals surface area contributed by atoms with Gasteiger partial charge in [-0.15, -0.1) is 0 Å². The highest BCUT2D eigenvalue weighted by molar-refractivity contribution is 5.91. The fourth-order valence-corrected chi connectivity index (χ4v) is 1.13. The van der Waals surface area contributed by atoms with Crippen LogP contribution < -0.4 is 4.74 Å². The molecule has 0 amide bonds. The smallest absolute Gasteiger partial charge is 0.342 e. The standard InChI is InChI=1S/C12H13FO3/c1-8(2)6-7-16-10-5-3-4-9(13)11(10)12(14)15/h3-6H,7H2,1-2H3,(H,14,15). The van der Waals surface area contributed by atoms with E-state index in [0.717, 1.165) is 11.6 Å². The molecule has 0 aliphatic carbocycles. The largest absolute Gasteiger partial charge is 0.489 e. The zero-order chi connectivity index (χ0) is 12.1. The average Bonchev–Trinajstić information content (AvgIpc) is 2.16. The molecule has 0 spiro atoms. The van der Waals surface area contributed by atoms with Crippen LogP contribution >= 0.6 is 0 Å². The van der Waals surface area contributed by atoms with E-state index in [9.17, 15) is 9.18 Å². The predicted octanol–water partition coefficient (Wildman–Crippen LogP) is 2.87. The number of aromatic carboxylic acids is 1. The van der Waals surface area contributed by atoms with E-state index >= 15 is 0 Å². The number of benzene rings is 1. The number of carboxylic acids is 1. The van der Waals surface area contributed by atoms with Gasteiger partial charge in [0.15, 0.2) is 0 Å². The average molecular weight is 224 g/mol. The van der Waals surface area contributed by atoms with E-state index < -0.39 is 17.3 Å². The molecule has 16 heavy (non-hydrogen) atoms. The number of allylic oxidation sites excluding steroid dienone is 1. The molecule has 86 valence electrons. The fourth-order valence-electron chi connectivity index (χ4n) is 1.13. The summed E-state index contributed by atoms with van der Waals surface area (Å²) in [5, 5.41) is 8.82. The lowest BCUT2D eigenvalue weighted by Crippen LogP contribution is -2.06. The highest BCUT2D eigenvalue weighted by Gasteiger charge is 2.16. The van der Waals surface area contributed by atoms with Gasteiger partial charge >= 0.3 is 5.97 Å². The first-order valence-electron chi connectivity index (χ1n) is 4.80. The van der Waals surface area contributed by atoms with Crippen LogP contribution in [0.25, 0.3) is 0 Å². The Bertz CT molecular complexity index is 420. The van der Waals surface area contributed by atoms with Crippen LogP contribution in [0.1, 0.15) is 24.2 Å². The van der Waals surface area contributed by atoms with E-state index in [1.165, 1.54) is 12.1 Å². The topological polar surface area (TPSA) is 46.5 Å². The molecule has 0 radical (unpaired) electrons. The zero-order valence-corrected chi connectivity index (χ0v) is 9.16. The first kappa shape index (κ1) is 12.2. The molecule has 0 saturated heterocycles. The quantitative estimate of drug-likeness (QED) is 0.800. The van der Waals surface area contributed by atoms with Crippen molar-refractivity contribution in [1.82, 2.24) is 0 Å². The van der Waals surface area contributed by atoms with Crippen LogP contribution in [0, 0.1) is 5.82 Å². The minimum absolute atomic E-state index is 0.0463. The van der Waals surface area contributed by atoms with Crippen molar-refractivity contribution in [3.8, 4) is 5.75 Å². The second kappa shape index (κ2) is 5.30. The Morgan fingerprint density at radius 1 is 1.50 bits per heavy atom. The third kappa shape index (κ3) is 3.08. The van der Waals surface area contributed by atoms with Crippen molar-refractivity contribution < 1.29 is 19.0 Å². The van der Waals surface area contributed by atoms with Gasteiger partial charge in [-0.25, -0.2) is 9.18 Å². The van der Waals surface area contributed by atoms with Crippen molar-refractivity contribution in [1.29, 1.82) is 0 Å². The number of rotatable bonds is 4. The van der Waals surface area contributed by atoms with Crippen molar-refractivity contribution in [2.45, 2.75) is 13.8 Å². The lowest BCUT2D eigenvalue weighted by atomic mass is 10.2. The summed E-state index contributed by atoms with van der Waals surface area (Å²) in [4.78, 5) is 10.8. The molecule has 0 aliphatic rings. The number of ether oxygens (including phenoxy) is 1. The summed E-state index contributed by atoms with van der Waals surface area (Å²) < 4.78 is 18.4.